The van der Waals surface area contributed by atoms with Crippen molar-refractivity contribution in [1.29, 1.82) is 0 Å². The third-order valence-corrected chi connectivity index (χ3v) is 6.00. The Kier molecular flexibility index (Phi) is 4.81. The van der Waals surface area contributed by atoms with Gasteiger partial charge in [-0.25, -0.2) is 4.98 Å². The van der Waals surface area contributed by atoms with Gasteiger partial charge >= 0.3 is 0 Å². The van der Waals surface area contributed by atoms with Crippen molar-refractivity contribution < 1.29 is 0 Å². The Morgan fingerprint density at radius 2 is 1.70 bits per heavy atom. The summed E-state index contributed by atoms with van der Waals surface area (Å²) in [5.74, 6) is 1.82. The maximum absolute atomic E-state index is 4.95. The predicted octanol–water partition coefficient (Wildman–Crippen LogP) is 5.87. The van der Waals surface area contributed by atoms with Crippen LogP contribution in [0.15, 0.2) is 30.3 Å². The highest BCUT2D eigenvalue weighted by Crippen LogP contribution is 2.39. The van der Waals surface area contributed by atoms with Gasteiger partial charge < -0.3 is 10.2 Å². The van der Waals surface area contributed by atoms with E-state index in [2.05, 4.69) is 68.2 Å². The summed E-state index contributed by atoms with van der Waals surface area (Å²) >= 11 is 1.81. The molecule has 142 valence electrons. The molecule has 3 aromatic rings. The van der Waals surface area contributed by atoms with Crippen molar-refractivity contribution in [2.24, 2.45) is 0 Å². The minimum atomic E-state index is -0.0668. The summed E-state index contributed by atoms with van der Waals surface area (Å²) in [7, 11) is 0. The Labute approximate surface area is 165 Å². The molecule has 3 heterocycles. The molecule has 1 N–H and O–H groups in total. The van der Waals surface area contributed by atoms with Gasteiger partial charge in [0.05, 0.1) is 10.2 Å². The van der Waals surface area contributed by atoms with Crippen LogP contribution in [0.1, 0.15) is 45.6 Å². The zero-order valence-corrected chi connectivity index (χ0v) is 17.5. The van der Waals surface area contributed by atoms with Crippen molar-refractivity contribution in [3.63, 3.8) is 0 Å². The highest BCUT2D eigenvalue weighted by molar-refractivity contribution is 7.22. The van der Waals surface area contributed by atoms with Crippen LogP contribution in [0.2, 0.25) is 0 Å². The van der Waals surface area contributed by atoms with Crippen LogP contribution in [0.3, 0.4) is 0 Å². The van der Waals surface area contributed by atoms with Crippen LogP contribution in [0.25, 0.3) is 20.7 Å². The van der Waals surface area contributed by atoms with Crippen molar-refractivity contribution in [3.8, 4) is 10.4 Å². The first kappa shape index (κ1) is 18.2. The van der Waals surface area contributed by atoms with Crippen molar-refractivity contribution in [2.45, 2.75) is 52.5 Å². The highest BCUT2D eigenvalue weighted by Gasteiger charge is 2.21. The molecule has 4 rings (SSSR count). The number of nitrogens with one attached hydrogen (secondary N) is 1. The number of aryl methyl sites for hydroxylation is 1. The molecule has 1 aliphatic heterocycles. The van der Waals surface area contributed by atoms with Crippen LogP contribution < -0.4 is 10.2 Å². The van der Waals surface area contributed by atoms with Gasteiger partial charge in [0.25, 0.3) is 0 Å². The molecule has 0 aliphatic carbocycles. The molecule has 0 radical (unpaired) electrons. The monoisotopic (exact) mass is 380 g/mol. The number of rotatable bonds is 3. The Balaban J connectivity index is 1.82. The zero-order chi connectivity index (χ0) is 19.0. The van der Waals surface area contributed by atoms with Crippen LogP contribution >= 0.6 is 11.3 Å². The van der Waals surface area contributed by atoms with Crippen molar-refractivity contribution >= 4 is 33.3 Å². The number of benzene rings is 1. The lowest BCUT2D eigenvalue weighted by Gasteiger charge is -2.29. The number of nitrogens with zero attached hydrogens (tertiary/aromatic N) is 3. The van der Waals surface area contributed by atoms with Gasteiger partial charge in [-0.3, -0.25) is 0 Å². The predicted molar refractivity (Wildman–Crippen MR) is 117 cm³/mol. The van der Waals surface area contributed by atoms with Gasteiger partial charge in [0.15, 0.2) is 5.82 Å². The molecule has 4 nitrogen and oxygen atoms in total. The lowest BCUT2D eigenvalue weighted by molar-refractivity contribution is 0.574. The average molecular weight is 381 g/mol. The van der Waals surface area contributed by atoms with Gasteiger partial charge in [-0.1, -0.05) is 29.8 Å². The number of fused-ring (bicyclic) bond motifs is 1. The Bertz CT molecular complexity index is 931. The van der Waals surface area contributed by atoms with Crippen molar-refractivity contribution in [2.75, 3.05) is 23.3 Å². The van der Waals surface area contributed by atoms with Gasteiger partial charge in [0.2, 0.25) is 5.95 Å². The van der Waals surface area contributed by atoms with E-state index in [1.54, 1.807) is 0 Å². The molecule has 1 aromatic carbocycles. The number of anilines is 2. The van der Waals surface area contributed by atoms with Gasteiger partial charge in [-0.15, -0.1) is 11.3 Å². The van der Waals surface area contributed by atoms with E-state index >= 15 is 0 Å². The van der Waals surface area contributed by atoms with E-state index in [1.807, 2.05) is 11.3 Å². The molecule has 0 atom stereocenters. The quantitative estimate of drug-likeness (QED) is 0.617. The first-order valence-corrected chi connectivity index (χ1v) is 10.6. The maximum Gasteiger partial charge on any atom is 0.225 e. The molecule has 1 saturated heterocycles. The molecule has 1 fully saturated rings. The molecule has 5 heteroatoms. The minimum Gasteiger partial charge on any atom is -0.355 e. The summed E-state index contributed by atoms with van der Waals surface area (Å²) in [5, 5.41) is 3.46. The summed E-state index contributed by atoms with van der Waals surface area (Å²) in [4.78, 5) is 13.5. The molecule has 0 spiro atoms. The molecule has 0 amide bonds. The minimum absolute atomic E-state index is 0.0668. The fourth-order valence-electron chi connectivity index (χ4n) is 3.49. The topological polar surface area (TPSA) is 41.1 Å². The number of hydrogen-bond donors (Lipinski definition) is 1. The molecular formula is C22H28N4S. The lowest BCUT2D eigenvalue weighted by Crippen LogP contribution is -2.31. The lowest BCUT2D eigenvalue weighted by atomic mass is 10.1. The van der Waals surface area contributed by atoms with E-state index in [0.29, 0.717) is 0 Å². The maximum atomic E-state index is 4.95. The standard InChI is InChI=1S/C22H28N4S/c1-15-8-10-16(11-9-15)18-14-17-19(27-18)20(26-12-6-5-7-13-26)24-21(23-17)25-22(2,3)4/h8-11,14H,5-7,12-13H2,1-4H3,(H,23,24,25). The molecule has 27 heavy (non-hydrogen) atoms. The second-order valence-corrected chi connectivity index (χ2v) is 9.54. The third-order valence-electron chi connectivity index (χ3n) is 4.83. The molecule has 0 unspecified atom stereocenters. The molecular weight excluding hydrogens is 352 g/mol. The Morgan fingerprint density at radius 3 is 2.37 bits per heavy atom. The summed E-state index contributed by atoms with van der Waals surface area (Å²) in [6, 6.07) is 10.9. The summed E-state index contributed by atoms with van der Waals surface area (Å²) in [6.07, 6.45) is 3.80. The molecule has 0 bridgehead atoms. The SMILES string of the molecule is Cc1ccc(-c2cc3nc(NC(C)(C)C)nc(N4CCCCC4)c3s2)cc1. The van der Waals surface area contributed by atoms with Crippen LogP contribution in [0.5, 0.6) is 0 Å². The second-order valence-electron chi connectivity index (χ2n) is 8.48. The van der Waals surface area contributed by atoms with E-state index in [1.165, 1.54) is 40.0 Å². The first-order valence-electron chi connectivity index (χ1n) is 9.81. The zero-order valence-electron chi connectivity index (χ0n) is 16.7. The van der Waals surface area contributed by atoms with Crippen molar-refractivity contribution in [3.05, 3.63) is 35.9 Å². The average Bonchev–Trinajstić information content (AvgIpc) is 3.05. The van der Waals surface area contributed by atoms with Crippen LogP contribution in [-0.4, -0.2) is 28.6 Å². The molecule has 2 aromatic heterocycles. The smallest absolute Gasteiger partial charge is 0.225 e. The van der Waals surface area contributed by atoms with Crippen LogP contribution in [0.4, 0.5) is 11.8 Å². The second kappa shape index (κ2) is 7.12. The van der Waals surface area contributed by atoms with Gasteiger partial charge in [0, 0.05) is 23.5 Å². The number of aromatic nitrogens is 2. The van der Waals surface area contributed by atoms with Gasteiger partial charge in [-0.05, 0) is 58.6 Å². The largest absolute Gasteiger partial charge is 0.355 e. The first-order chi connectivity index (χ1) is 12.9. The summed E-state index contributed by atoms with van der Waals surface area (Å²) in [5.41, 5.74) is 3.50. The van der Waals surface area contributed by atoms with Crippen LogP contribution in [-0.2, 0) is 0 Å². The van der Waals surface area contributed by atoms with E-state index in [9.17, 15) is 0 Å². The van der Waals surface area contributed by atoms with E-state index < -0.39 is 0 Å². The van der Waals surface area contributed by atoms with E-state index in [4.69, 9.17) is 9.97 Å². The number of piperidine rings is 1. The highest BCUT2D eigenvalue weighted by atomic mass is 32.1. The fourth-order valence-corrected chi connectivity index (χ4v) is 4.61. The van der Waals surface area contributed by atoms with E-state index in [-0.39, 0.29) is 5.54 Å². The molecule has 1 aliphatic rings. The molecule has 0 saturated carbocycles. The van der Waals surface area contributed by atoms with E-state index in [0.717, 1.165) is 30.4 Å². The van der Waals surface area contributed by atoms with Gasteiger partial charge in [0.1, 0.15) is 0 Å². The summed E-state index contributed by atoms with van der Waals surface area (Å²) < 4.78 is 1.20. The fraction of sp³-hybridized carbons (Fsp3) is 0.455. The van der Waals surface area contributed by atoms with Crippen LogP contribution in [0, 0.1) is 6.92 Å². The number of thiophene rings is 1. The Hall–Kier alpha value is -2.14. The summed E-state index contributed by atoms with van der Waals surface area (Å²) in [6.45, 7) is 10.7. The normalized spacial score (nSPS) is 15.3. The van der Waals surface area contributed by atoms with Crippen molar-refractivity contribution in [1.82, 2.24) is 9.97 Å². The Morgan fingerprint density at radius 1 is 1.00 bits per heavy atom. The third kappa shape index (κ3) is 4.08. The number of hydrogen-bond acceptors (Lipinski definition) is 5. The van der Waals surface area contributed by atoms with Gasteiger partial charge in [-0.2, -0.15) is 4.98 Å².